The number of esters is 1. The van der Waals surface area contributed by atoms with E-state index in [2.05, 4.69) is 128 Å². The summed E-state index contributed by atoms with van der Waals surface area (Å²) in [6.45, 7) is 11.1. The first-order chi connectivity index (χ1) is 35.8. The van der Waals surface area contributed by atoms with Crippen molar-refractivity contribution in [2.45, 2.75) is 108 Å². The zero-order chi connectivity index (χ0) is 52.8. The van der Waals surface area contributed by atoms with Crippen LogP contribution in [0.4, 0.5) is 0 Å². The topological polar surface area (TPSA) is 127 Å². The van der Waals surface area contributed by atoms with Crippen molar-refractivity contribution in [2.75, 3.05) is 37.7 Å². The molecule has 1 amide bonds. The highest BCUT2D eigenvalue weighted by Gasteiger charge is 2.37. The smallest absolute Gasteiger partial charge is 0.311 e. The van der Waals surface area contributed by atoms with Crippen molar-refractivity contribution in [3.63, 3.8) is 0 Å². The Morgan fingerprint density at radius 2 is 0.776 bits per heavy atom. The largest absolute Gasteiger partial charge is 0.427 e. The van der Waals surface area contributed by atoms with E-state index in [9.17, 15) is 26.4 Å². The molecule has 0 spiro atoms. The summed E-state index contributed by atoms with van der Waals surface area (Å²) in [6, 6.07) is 65.0. The molecule has 2 aliphatic rings. The number of benzene rings is 7. The van der Waals surface area contributed by atoms with Gasteiger partial charge in [0.2, 0.25) is 5.91 Å². The van der Waals surface area contributed by atoms with Crippen LogP contribution in [0.2, 0.25) is 0 Å². The molecule has 0 saturated carbocycles. The standard InChI is InChI=1S/C27H29NO3S.C17H18O4S.C16H17N.C3H8.2CH4/c1-2-32(30,31)24-16-13-21(14-17-24)15-18-27(29)28-19-25(22-9-5-3-6-10-22)26(20-28)23-11-7-4-8-12-23;1-2-22(19,20)16-11-8-14(9-12-16)10-13-17(18)21-15-6-4-3-5-7-15;1-3-7-13(8-4-1)15-11-17-12-16(15)14-9-5-2-6-10-14;1-3-2;;/h3-14,16-17,25-26H,2,15,18-20H2,1H3;3-9,11-12H,2,10,13H2,1H3;1-10,15-17H,11-12H2;3H2,1-2H3;2*1H4. The molecule has 2 heterocycles. The monoisotopic (exact) mass is 1060 g/mol. The average Bonchev–Trinajstić information content (AvgIpc) is 4.14. The van der Waals surface area contributed by atoms with Gasteiger partial charge in [-0.1, -0.05) is 213 Å². The van der Waals surface area contributed by atoms with E-state index >= 15 is 0 Å². The van der Waals surface area contributed by atoms with Crippen LogP contribution in [0.1, 0.15) is 119 Å². The summed E-state index contributed by atoms with van der Waals surface area (Å²) >= 11 is 0. The molecule has 0 aliphatic carbocycles. The van der Waals surface area contributed by atoms with Crippen LogP contribution in [0.25, 0.3) is 0 Å². The molecule has 9 nitrogen and oxygen atoms in total. The molecule has 0 radical (unpaired) electrons. The molecule has 1 N–H and O–H groups in total. The third-order valence-electron chi connectivity index (χ3n) is 13.3. The first-order valence-electron chi connectivity index (χ1n) is 25.9. The van der Waals surface area contributed by atoms with Crippen LogP contribution in [0, 0.1) is 0 Å². The van der Waals surface area contributed by atoms with Crippen molar-refractivity contribution in [3.05, 3.63) is 234 Å². The quantitative estimate of drug-likeness (QED) is 0.0794. The lowest BCUT2D eigenvalue weighted by Gasteiger charge is -2.19. The van der Waals surface area contributed by atoms with Gasteiger partial charge in [0.1, 0.15) is 5.75 Å². The minimum atomic E-state index is -3.20. The van der Waals surface area contributed by atoms with Crippen LogP contribution < -0.4 is 10.1 Å². The van der Waals surface area contributed by atoms with Crippen LogP contribution in [0.15, 0.2) is 210 Å². The fraction of sp³-hybridized carbons (Fsp3) is 0.323. The lowest BCUT2D eigenvalue weighted by atomic mass is 9.84. The molecule has 2 aliphatic heterocycles. The lowest BCUT2D eigenvalue weighted by molar-refractivity contribution is -0.134. The number of likely N-dealkylation sites (tertiary alicyclic amines) is 1. The minimum Gasteiger partial charge on any atom is -0.427 e. The fourth-order valence-electron chi connectivity index (χ4n) is 9.25. The summed E-state index contributed by atoms with van der Waals surface area (Å²) < 4.78 is 52.6. The number of hydrogen-bond acceptors (Lipinski definition) is 8. The Morgan fingerprint density at radius 3 is 1.12 bits per heavy atom. The molecule has 4 unspecified atom stereocenters. The molecule has 7 aromatic rings. The summed E-state index contributed by atoms with van der Waals surface area (Å²) in [6.07, 6.45) is 3.03. The number of ether oxygens (including phenoxy) is 1. The predicted molar refractivity (Wildman–Crippen MR) is 313 cm³/mol. The van der Waals surface area contributed by atoms with Crippen molar-refractivity contribution >= 4 is 31.6 Å². The maximum atomic E-state index is 13.1. The van der Waals surface area contributed by atoms with Gasteiger partial charge in [0.25, 0.3) is 0 Å². The highest BCUT2D eigenvalue weighted by Crippen LogP contribution is 2.40. The molecule has 4 atom stereocenters. The Morgan fingerprint density at radius 1 is 0.461 bits per heavy atom. The van der Waals surface area contributed by atoms with Crippen molar-refractivity contribution in [3.8, 4) is 5.75 Å². The van der Waals surface area contributed by atoms with Gasteiger partial charge < -0.3 is 15.0 Å². The Hall–Kier alpha value is -6.66. The van der Waals surface area contributed by atoms with Gasteiger partial charge in [-0.05, 0) is 82.6 Å². The summed E-state index contributed by atoms with van der Waals surface area (Å²) in [5.41, 5.74) is 7.32. The summed E-state index contributed by atoms with van der Waals surface area (Å²) in [5, 5.41) is 3.52. The van der Waals surface area contributed by atoms with Gasteiger partial charge in [-0.2, -0.15) is 0 Å². The van der Waals surface area contributed by atoms with E-state index in [-0.39, 0.29) is 56.5 Å². The maximum Gasteiger partial charge on any atom is 0.311 e. The molecule has 2 fully saturated rings. The molecule has 9 rings (SSSR count). The summed E-state index contributed by atoms with van der Waals surface area (Å²) in [4.78, 5) is 27.5. The van der Waals surface area contributed by atoms with E-state index in [1.807, 2.05) is 35.2 Å². The second-order valence-electron chi connectivity index (χ2n) is 18.6. The Bertz CT molecular complexity index is 2890. The number of carbonyl (C=O) groups excluding carboxylic acids is 2. The van der Waals surface area contributed by atoms with E-state index in [4.69, 9.17) is 4.74 Å². The van der Waals surface area contributed by atoms with Gasteiger partial charge in [0.05, 0.1) is 21.3 Å². The van der Waals surface area contributed by atoms with Crippen LogP contribution >= 0.6 is 0 Å². The molecule has 7 aromatic carbocycles. The number of hydrogen-bond donors (Lipinski definition) is 1. The molecule has 2 saturated heterocycles. The predicted octanol–water partition coefficient (Wildman–Crippen LogP) is 13.7. The number of rotatable bonds is 15. The molecule has 0 aromatic heterocycles. The zero-order valence-corrected chi connectivity index (χ0v) is 44.9. The maximum absolute atomic E-state index is 13.1. The van der Waals surface area contributed by atoms with Gasteiger partial charge >= 0.3 is 5.97 Å². The highest BCUT2D eigenvalue weighted by atomic mass is 32.2. The second kappa shape index (κ2) is 31.4. The third-order valence-corrected chi connectivity index (χ3v) is 16.8. The number of carbonyl (C=O) groups is 2. The Balaban J connectivity index is 0.000000248. The van der Waals surface area contributed by atoms with Crippen molar-refractivity contribution < 1.29 is 31.2 Å². The molecule has 11 heteroatoms. The van der Waals surface area contributed by atoms with E-state index < -0.39 is 19.7 Å². The van der Waals surface area contributed by atoms with Crippen molar-refractivity contribution in [2.24, 2.45) is 0 Å². The second-order valence-corrected chi connectivity index (χ2v) is 23.2. The molecular formula is C65H80N2O7S2. The van der Waals surface area contributed by atoms with Gasteiger partial charge in [-0.25, -0.2) is 16.8 Å². The fourth-order valence-corrected chi connectivity index (χ4v) is 11.0. The van der Waals surface area contributed by atoms with Crippen molar-refractivity contribution in [1.82, 2.24) is 10.2 Å². The van der Waals surface area contributed by atoms with Gasteiger partial charge in [-0.15, -0.1) is 0 Å². The average molecular weight is 1070 g/mol. The van der Waals surface area contributed by atoms with Gasteiger partial charge in [-0.3, -0.25) is 9.59 Å². The van der Waals surface area contributed by atoms with Crippen LogP contribution in [-0.4, -0.2) is 71.3 Å². The number of nitrogens with zero attached hydrogens (tertiary/aromatic N) is 1. The van der Waals surface area contributed by atoms with Crippen LogP contribution in [0.3, 0.4) is 0 Å². The van der Waals surface area contributed by atoms with Gasteiger partial charge in [0, 0.05) is 62.7 Å². The van der Waals surface area contributed by atoms with Gasteiger partial charge in [0.15, 0.2) is 19.7 Å². The molecular weight excluding hydrogens is 985 g/mol. The number of sulfone groups is 2. The Labute approximate surface area is 455 Å². The lowest BCUT2D eigenvalue weighted by Crippen LogP contribution is -2.29. The first-order valence-corrected chi connectivity index (χ1v) is 29.2. The first kappa shape index (κ1) is 61.9. The normalized spacial score (nSPS) is 16.6. The zero-order valence-electron chi connectivity index (χ0n) is 43.3. The van der Waals surface area contributed by atoms with Crippen LogP contribution in [0.5, 0.6) is 5.75 Å². The minimum absolute atomic E-state index is 0. The molecule has 404 valence electrons. The number of para-hydroxylation sites is 1. The van der Waals surface area contributed by atoms with Crippen molar-refractivity contribution in [1.29, 1.82) is 0 Å². The SMILES string of the molecule is C.C.CCC.CCS(=O)(=O)c1ccc(CCC(=O)N2CC(c3ccccc3)C(c3ccccc3)C2)cc1.CCS(=O)(=O)c1ccc(CCC(=O)Oc2ccccc2)cc1.c1ccc(C2CNCC2c2ccccc2)cc1. The number of aryl methyl sites for hydroxylation is 2. The third kappa shape index (κ3) is 18.3. The number of amides is 1. The van der Waals surface area contributed by atoms with E-state index in [0.717, 1.165) is 37.3 Å². The highest BCUT2D eigenvalue weighted by molar-refractivity contribution is 7.91. The Kier molecular flexibility index (Phi) is 25.6. The van der Waals surface area contributed by atoms with Crippen LogP contribution in [-0.2, 0) is 42.1 Å². The number of nitrogens with one attached hydrogen (secondary N) is 1. The summed E-state index contributed by atoms with van der Waals surface area (Å²) in [5.74, 6) is 2.31. The summed E-state index contributed by atoms with van der Waals surface area (Å²) in [7, 11) is -6.38. The van der Waals surface area contributed by atoms with E-state index in [1.54, 1.807) is 74.5 Å². The molecule has 76 heavy (non-hydrogen) atoms. The van der Waals surface area contributed by atoms with E-state index in [1.165, 1.54) is 28.7 Å². The molecule has 0 bridgehead atoms. The van der Waals surface area contributed by atoms with E-state index in [0.29, 0.717) is 46.6 Å².